The summed E-state index contributed by atoms with van der Waals surface area (Å²) in [5, 5.41) is 14.2. The molecule has 0 radical (unpaired) electrons. The second kappa shape index (κ2) is 6.55. The van der Waals surface area contributed by atoms with Gasteiger partial charge in [-0.2, -0.15) is 10.4 Å². The van der Waals surface area contributed by atoms with Crippen LogP contribution < -0.4 is 4.74 Å². The topological polar surface area (TPSA) is 50.8 Å². The highest BCUT2D eigenvalue weighted by Gasteiger charge is 2.15. The third-order valence-corrected chi connectivity index (χ3v) is 3.61. The lowest BCUT2D eigenvalue weighted by molar-refractivity contribution is 0.341. The molecule has 0 aliphatic carbocycles. The number of hydrogen-bond acceptors (Lipinski definition) is 3. The van der Waals surface area contributed by atoms with Gasteiger partial charge >= 0.3 is 0 Å². The van der Waals surface area contributed by atoms with Crippen LogP contribution in [0.1, 0.15) is 12.6 Å². The SMILES string of the molecule is CCOc1ccccc1-c1cc(C#N)nn1-c1ccc(Cl)cc1. The van der Waals surface area contributed by atoms with Gasteiger partial charge in [0.25, 0.3) is 0 Å². The highest BCUT2D eigenvalue weighted by Crippen LogP contribution is 2.32. The maximum absolute atomic E-state index is 9.21. The van der Waals surface area contributed by atoms with Gasteiger partial charge in [0, 0.05) is 16.7 Å². The molecular weight excluding hydrogens is 310 g/mol. The van der Waals surface area contributed by atoms with Crippen LogP contribution in [0.2, 0.25) is 5.02 Å². The Morgan fingerprint density at radius 2 is 1.91 bits per heavy atom. The number of rotatable bonds is 4. The van der Waals surface area contributed by atoms with Crippen molar-refractivity contribution in [3.63, 3.8) is 0 Å². The Hall–Kier alpha value is -2.77. The molecule has 3 aromatic rings. The molecule has 0 bridgehead atoms. The first kappa shape index (κ1) is 15.1. The van der Waals surface area contributed by atoms with Gasteiger partial charge in [-0.15, -0.1) is 0 Å². The monoisotopic (exact) mass is 323 g/mol. The van der Waals surface area contributed by atoms with Gasteiger partial charge in [-0.3, -0.25) is 0 Å². The lowest BCUT2D eigenvalue weighted by Crippen LogP contribution is -2.01. The van der Waals surface area contributed by atoms with E-state index in [0.717, 1.165) is 22.7 Å². The van der Waals surface area contributed by atoms with Gasteiger partial charge in [-0.1, -0.05) is 23.7 Å². The van der Waals surface area contributed by atoms with Crippen LogP contribution in [-0.4, -0.2) is 16.4 Å². The van der Waals surface area contributed by atoms with E-state index in [1.165, 1.54) is 0 Å². The average Bonchev–Trinajstić information content (AvgIpc) is 3.00. The lowest BCUT2D eigenvalue weighted by Gasteiger charge is -2.12. The van der Waals surface area contributed by atoms with Gasteiger partial charge < -0.3 is 4.74 Å². The van der Waals surface area contributed by atoms with Crippen LogP contribution in [0, 0.1) is 11.3 Å². The first-order valence-electron chi connectivity index (χ1n) is 7.21. The first-order valence-corrected chi connectivity index (χ1v) is 7.59. The minimum absolute atomic E-state index is 0.348. The number of ether oxygens (including phenoxy) is 1. The zero-order valence-electron chi connectivity index (χ0n) is 12.5. The molecule has 0 aliphatic rings. The maximum atomic E-state index is 9.21. The second-order valence-electron chi connectivity index (χ2n) is 4.84. The fraction of sp³-hybridized carbons (Fsp3) is 0.111. The normalized spacial score (nSPS) is 10.3. The van der Waals surface area contributed by atoms with Crippen LogP contribution in [-0.2, 0) is 0 Å². The average molecular weight is 324 g/mol. The van der Waals surface area contributed by atoms with E-state index in [2.05, 4.69) is 11.2 Å². The fourth-order valence-corrected chi connectivity index (χ4v) is 2.49. The number of benzene rings is 2. The van der Waals surface area contributed by atoms with Gasteiger partial charge in [-0.25, -0.2) is 4.68 Å². The summed E-state index contributed by atoms with van der Waals surface area (Å²) in [7, 11) is 0. The Balaban J connectivity index is 2.18. The molecule has 0 fully saturated rings. The number of para-hydroxylation sites is 1. The summed E-state index contributed by atoms with van der Waals surface area (Å²) >= 11 is 5.95. The molecule has 5 heteroatoms. The summed E-state index contributed by atoms with van der Waals surface area (Å²) in [6, 6.07) is 18.9. The Bertz CT molecular complexity index is 863. The van der Waals surface area contributed by atoms with Gasteiger partial charge in [0.2, 0.25) is 0 Å². The van der Waals surface area contributed by atoms with E-state index in [0.29, 0.717) is 17.3 Å². The third kappa shape index (κ3) is 3.05. The molecule has 23 heavy (non-hydrogen) atoms. The molecule has 0 saturated carbocycles. The van der Waals surface area contributed by atoms with Crippen molar-refractivity contribution in [3.05, 3.63) is 65.3 Å². The highest BCUT2D eigenvalue weighted by atomic mass is 35.5. The Morgan fingerprint density at radius 1 is 1.17 bits per heavy atom. The van der Waals surface area contributed by atoms with Gasteiger partial charge in [-0.05, 0) is 43.3 Å². The molecule has 1 aromatic heterocycles. The number of nitriles is 1. The fourth-order valence-electron chi connectivity index (χ4n) is 2.37. The zero-order valence-corrected chi connectivity index (χ0v) is 13.3. The third-order valence-electron chi connectivity index (χ3n) is 3.36. The predicted octanol–water partition coefficient (Wildman–Crippen LogP) is 4.46. The van der Waals surface area contributed by atoms with Crippen molar-refractivity contribution >= 4 is 11.6 Å². The van der Waals surface area contributed by atoms with Crippen LogP contribution in [0.5, 0.6) is 5.75 Å². The molecule has 1 heterocycles. The Labute approximate surface area is 139 Å². The van der Waals surface area contributed by atoms with E-state index in [1.54, 1.807) is 22.9 Å². The van der Waals surface area contributed by atoms with Crippen molar-refractivity contribution in [3.8, 4) is 28.8 Å². The van der Waals surface area contributed by atoms with Crippen LogP contribution >= 0.6 is 11.6 Å². The predicted molar refractivity (Wildman–Crippen MR) is 89.9 cm³/mol. The van der Waals surface area contributed by atoms with Crippen LogP contribution in [0.25, 0.3) is 16.9 Å². The van der Waals surface area contributed by atoms with Crippen LogP contribution in [0.15, 0.2) is 54.6 Å². The summed E-state index contributed by atoms with van der Waals surface area (Å²) in [5.74, 6) is 0.759. The van der Waals surface area contributed by atoms with Crippen molar-refractivity contribution in [1.82, 2.24) is 9.78 Å². The second-order valence-corrected chi connectivity index (χ2v) is 5.28. The molecule has 4 nitrogen and oxygen atoms in total. The Kier molecular flexibility index (Phi) is 4.31. The summed E-state index contributed by atoms with van der Waals surface area (Å²) in [6.07, 6.45) is 0. The molecule has 2 aromatic carbocycles. The van der Waals surface area contributed by atoms with Gasteiger partial charge in [0.05, 0.1) is 18.0 Å². The number of aromatic nitrogens is 2. The summed E-state index contributed by atoms with van der Waals surface area (Å²) in [5.41, 5.74) is 2.87. The van der Waals surface area contributed by atoms with Crippen LogP contribution in [0.4, 0.5) is 0 Å². The molecule has 0 aliphatic heterocycles. The molecule has 114 valence electrons. The van der Waals surface area contributed by atoms with Crippen molar-refractivity contribution in [2.75, 3.05) is 6.61 Å². The molecule has 0 N–H and O–H groups in total. The summed E-state index contributed by atoms with van der Waals surface area (Å²) in [4.78, 5) is 0. The zero-order chi connectivity index (χ0) is 16.2. The van der Waals surface area contributed by atoms with E-state index in [4.69, 9.17) is 16.3 Å². The standard InChI is InChI=1S/C18H14ClN3O/c1-2-23-18-6-4-3-5-16(18)17-11-14(12-20)21-22(17)15-9-7-13(19)8-10-15/h3-11H,2H2,1H3. The molecule has 0 spiro atoms. The summed E-state index contributed by atoms with van der Waals surface area (Å²) < 4.78 is 7.43. The number of nitrogens with zero attached hydrogens (tertiary/aromatic N) is 3. The van der Waals surface area contributed by atoms with Crippen molar-refractivity contribution in [2.45, 2.75) is 6.92 Å². The minimum Gasteiger partial charge on any atom is -0.493 e. The highest BCUT2D eigenvalue weighted by molar-refractivity contribution is 6.30. The number of hydrogen-bond donors (Lipinski definition) is 0. The van der Waals surface area contributed by atoms with E-state index in [1.807, 2.05) is 43.3 Å². The van der Waals surface area contributed by atoms with Crippen molar-refractivity contribution in [2.24, 2.45) is 0 Å². The largest absolute Gasteiger partial charge is 0.493 e. The quantitative estimate of drug-likeness (QED) is 0.712. The van der Waals surface area contributed by atoms with Crippen LogP contribution in [0.3, 0.4) is 0 Å². The Morgan fingerprint density at radius 3 is 2.61 bits per heavy atom. The van der Waals surface area contributed by atoms with E-state index in [9.17, 15) is 5.26 Å². The molecule has 0 atom stereocenters. The minimum atomic E-state index is 0.348. The van der Waals surface area contributed by atoms with Gasteiger partial charge in [0.1, 0.15) is 11.8 Å². The molecular formula is C18H14ClN3O. The van der Waals surface area contributed by atoms with E-state index >= 15 is 0 Å². The molecule has 0 amide bonds. The maximum Gasteiger partial charge on any atom is 0.163 e. The summed E-state index contributed by atoms with van der Waals surface area (Å²) in [6.45, 7) is 2.51. The molecule has 0 saturated heterocycles. The molecule has 3 rings (SSSR count). The van der Waals surface area contributed by atoms with E-state index in [-0.39, 0.29) is 0 Å². The smallest absolute Gasteiger partial charge is 0.163 e. The molecule has 0 unspecified atom stereocenters. The number of halogens is 1. The van der Waals surface area contributed by atoms with E-state index < -0.39 is 0 Å². The van der Waals surface area contributed by atoms with Gasteiger partial charge in [0.15, 0.2) is 5.69 Å². The lowest BCUT2D eigenvalue weighted by atomic mass is 10.1. The first-order chi connectivity index (χ1) is 11.2. The van der Waals surface area contributed by atoms with Crippen molar-refractivity contribution in [1.29, 1.82) is 5.26 Å². The van der Waals surface area contributed by atoms with Crippen molar-refractivity contribution < 1.29 is 4.74 Å².